The molecule has 2 heterocycles. The number of nitrogens with one attached hydrogen (secondary N) is 1. The second-order valence-electron chi connectivity index (χ2n) is 5.19. The van der Waals surface area contributed by atoms with Crippen LogP contribution in [0.5, 0.6) is 0 Å². The van der Waals surface area contributed by atoms with Crippen LogP contribution in [-0.2, 0) is 11.2 Å². The minimum atomic E-state index is 0.0780. The van der Waals surface area contributed by atoms with Crippen molar-refractivity contribution in [3.63, 3.8) is 0 Å². The fraction of sp³-hybridized carbons (Fsp3) is 0.118. The Kier molecular flexibility index (Phi) is 3.08. The van der Waals surface area contributed by atoms with Crippen LogP contribution in [0, 0.1) is 0 Å². The highest BCUT2D eigenvalue weighted by Gasteiger charge is 2.21. The number of hydrogen-bond donors (Lipinski definition) is 1. The van der Waals surface area contributed by atoms with E-state index in [4.69, 9.17) is 0 Å². The zero-order valence-electron chi connectivity index (χ0n) is 11.1. The highest BCUT2D eigenvalue weighted by molar-refractivity contribution is 9.09. The van der Waals surface area contributed by atoms with Crippen molar-refractivity contribution in [2.45, 2.75) is 11.2 Å². The third kappa shape index (κ3) is 2.19. The molecule has 1 amide bonds. The molecular weight excluding hydrogens is 346 g/mol. The third-order valence-electron chi connectivity index (χ3n) is 3.83. The molecule has 0 aliphatic carbocycles. The molecule has 3 aromatic rings. The summed E-state index contributed by atoms with van der Waals surface area (Å²) >= 11 is 5.59. The summed E-state index contributed by atoms with van der Waals surface area (Å²) in [6, 6.07) is 14.7. The maximum absolute atomic E-state index is 11.5. The number of hydrogen-bond acceptors (Lipinski definition) is 2. The number of thiophene rings is 1. The van der Waals surface area contributed by atoms with E-state index in [-0.39, 0.29) is 10.7 Å². The van der Waals surface area contributed by atoms with E-state index in [0.717, 1.165) is 11.3 Å². The van der Waals surface area contributed by atoms with Gasteiger partial charge in [0.1, 0.15) is 0 Å². The number of alkyl halides is 1. The van der Waals surface area contributed by atoms with Crippen LogP contribution in [0.1, 0.15) is 21.5 Å². The predicted octanol–water partition coefficient (Wildman–Crippen LogP) is 4.88. The Labute approximate surface area is 134 Å². The van der Waals surface area contributed by atoms with Crippen LogP contribution in [0.25, 0.3) is 10.1 Å². The molecule has 4 rings (SSSR count). The number of halogens is 1. The first-order valence-electron chi connectivity index (χ1n) is 6.75. The predicted molar refractivity (Wildman–Crippen MR) is 91.4 cm³/mol. The van der Waals surface area contributed by atoms with Gasteiger partial charge in [0.05, 0.1) is 11.2 Å². The molecule has 0 saturated heterocycles. The average Bonchev–Trinajstić information content (AvgIpc) is 3.07. The minimum absolute atomic E-state index is 0.0780. The SMILES string of the molecule is O=C1Cc2cc(C(Br)c3csc4ccccc34)ccc2N1. The van der Waals surface area contributed by atoms with Gasteiger partial charge in [-0.2, -0.15) is 0 Å². The quantitative estimate of drug-likeness (QED) is 0.650. The summed E-state index contributed by atoms with van der Waals surface area (Å²) in [5.74, 6) is 0.0780. The van der Waals surface area contributed by atoms with Gasteiger partial charge in [-0.15, -0.1) is 11.3 Å². The van der Waals surface area contributed by atoms with Gasteiger partial charge in [-0.3, -0.25) is 4.79 Å². The zero-order valence-corrected chi connectivity index (χ0v) is 13.5. The largest absolute Gasteiger partial charge is 0.326 e. The van der Waals surface area contributed by atoms with Gasteiger partial charge in [0, 0.05) is 10.4 Å². The molecule has 4 heteroatoms. The second-order valence-corrected chi connectivity index (χ2v) is 7.02. The molecule has 2 nitrogen and oxygen atoms in total. The van der Waals surface area contributed by atoms with Crippen LogP contribution >= 0.6 is 27.3 Å². The Hall–Kier alpha value is -1.65. The highest BCUT2D eigenvalue weighted by atomic mass is 79.9. The number of fused-ring (bicyclic) bond motifs is 2. The lowest BCUT2D eigenvalue weighted by atomic mass is 10.0. The van der Waals surface area contributed by atoms with Crippen molar-refractivity contribution in [3.8, 4) is 0 Å². The van der Waals surface area contributed by atoms with Crippen molar-refractivity contribution in [2.24, 2.45) is 0 Å². The molecule has 0 fully saturated rings. The first kappa shape index (κ1) is 13.0. The van der Waals surface area contributed by atoms with Gasteiger partial charge < -0.3 is 5.32 Å². The Morgan fingerprint density at radius 3 is 2.95 bits per heavy atom. The fourth-order valence-electron chi connectivity index (χ4n) is 2.78. The fourth-order valence-corrected chi connectivity index (χ4v) is 4.61. The maximum atomic E-state index is 11.5. The summed E-state index contributed by atoms with van der Waals surface area (Å²) in [7, 11) is 0. The molecule has 1 N–H and O–H groups in total. The van der Waals surface area contributed by atoms with Gasteiger partial charge in [0.2, 0.25) is 5.91 Å². The molecule has 0 radical (unpaired) electrons. The molecule has 0 spiro atoms. The number of carbonyl (C=O) groups excluding carboxylic acids is 1. The molecule has 21 heavy (non-hydrogen) atoms. The van der Waals surface area contributed by atoms with Crippen molar-refractivity contribution < 1.29 is 4.79 Å². The van der Waals surface area contributed by atoms with Crippen molar-refractivity contribution in [1.29, 1.82) is 0 Å². The van der Waals surface area contributed by atoms with Crippen molar-refractivity contribution >= 4 is 48.9 Å². The van der Waals surface area contributed by atoms with Crippen LogP contribution in [0.2, 0.25) is 0 Å². The smallest absolute Gasteiger partial charge is 0.228 e. The number of benzene rings is 2. The number of amides is 1. The van der Waals surface area contributed by atoms with E-state index < -0.39 is 0 Å². The van der Waals surface area contributed by atoms with Crippen LogP contribution in [0.15, 0.2) is 47.8 Å². The summed E-state index contributed by atoms with van der Waals surface area (Å²) in [5.41, 5.74) is 4.50. The molecule has 1 aliphatic rings. The van der Waals surface area contributed by atoms with Crippen LogP contribution in [0.3, 0.4) is 0 Å². The van der Waals surface area contributed by atoms with E-state index in [1.807, 2.05) is 6.07 Å². The van der Waals surface area contributed by atoms with E-state index in [1.165, 1.54) is 21.2 Å². The van der Waals surface area contributed by atoms with Gasteiger partial charge >= 0.3 is 0 Å². The van der Waals surface area contributed by atoms with E-state index >= 15 is 0 Å². The van der Waals surface area contributed by atoms with Crippen LogP contribution < -0.4 is 5.32 Å². The normalized spacial score (nSPS) is 15.0. The lowest BCUT2D eigenvalue weighted by Gasteiger charge is -2.11. The Morgan fingerprint density at radius 1 is 1.19 bits per heavy atom. The molecule has 1 atom stereocenters. The molecule has 0 bridgehead atoms. The molecule has 0 saturated carbocycles. The monoisotopic (exact) mass is 357 g/mol. The van der Waals surface area contributed by atoms with Crippen molar-refractivity contribution in [1.82, 2.24) is 0 Å². The van der Waals surface area contributed by atoms with Crippen LogP contribution in [-0.4, -0.2) is 5.91 Å². The van der Waals surface area contributed by atoms with E-state index in [1.54, 1.807) is 11.3 Å². The zero-order chi connectivity index (χ0) is 14.4. The summed E-state index contributed by atoms with van der Waals surface area (Å²) in [5, 5.41) is 6.38. The Bertz CT molecular complexity index is 855. The minimum Gasteiger partial charge on any atom is -0.326 e. The molecular formula is C17H12BrNOS. The van der Waals surface area contributed by atoms with Gasteiger partial charge in [-0.1, -0.05) is 46.3 Å². The second kappa shape index (κ2) is 4.97. The average molecular weight is 358 g/mol. The third-order valence-corrected chi connectivity index (χ3v) is 5.83. The lowest BCUT2D eigenvalue weighted by Crippen LogP contribution is -2.03. The molecule has 104 valence electrons. The number of carbonyl (C=O) groups is 1. The first-order chi connectivity index (χ1) is 10.2. The Balaban J connectivity index is 1.77. The summed E-state index contributed by atoms with van der Waals surface area (Å²) in [6.07, 6.45) is 0.479. The van der Waals surface area contributed by atoms with Crippen molar-refractivity contribution in [3.05, 3.63) is 64.5 Å². The lowest BCUT2D eigenvalue weighted by molar-refractivity contribution is -0.115. The van der Waals surface area contributed by atoms with Gasteiger partial charge in [0.25, 0.3) is 0 Å². The van der Waals surface area contributed by atoms with Crippen LogP contribution in [0.4, 0.5) is 5.69 Å². The topological polar surface area (TPSA) is 29.1 Å². The maximum Gasteiger partial charge on any atom is 0.228 e. The number of rotatable bonds is 2. The van der Waals surface area contributed by atoms with Gasteiger partial charge in [-0.25, -0.2) is 0 Å². The molecule has 2 aromatic carbocycles. The van der Waals surface area contributed by atoms with Gasteiger partial charge in [-0.05, 0) is 39.6 Å². The Morgan fingerprint density at radius 2 is 2.05 bits per heavy atom. The van der Waals surface area contributed by atoms with E-state index in [9.17, 15) is 4.79 Å². The summed E-state index contributed by atoms with van der Waals surface area (Å²) in [4.78, 5) is 11.6. The molecule has 1 aromatic heterocycles. The highest BCUT2D eigenvalue weighted by Crippen LogP contribution is 2.39. The summed E-state index contributed by atoms with van der Waals surface area (Å²) < 4.78 is 1.30. The molecule has 1 unspecified atom stereocenters. The molecule has 1 aliphatic heterocycles. The van der Waals surface area contributed by atoms with E-state index in [0.29, 0.717) is 6.42 Å². The standard InChI is InChI=1S/C17H12BrNOS/c18-17(13-9-21-15-4-2-1-3-12(13)15)10-5-6-14-11(7-10)8-16(20)19-14/h1-7,9,17H,8H2,(H,19,20). The van der Waals surface area contributed by atoms with Gasteiger partial charge in [0.15, 0.2) is 0 Å². The first-order valence-corrected chi connectivity index (χ1v) is 8.55. The van der Waals surface area contributed by atoms with Crippen molar-refractivity contribution in [2.75, 3.05) is 5.32 Å². The van der Waals surface area contributed by atoms with E-state index in [2.05, 4.69) is 63.0 Å². The number of anilines is 1. The summed E-state index contributed by atoms with van der Waals surface area (Å²) in [6.45, 7) is 0.